The van der Waals surface area contributed by atoms with Gasteiger partial charge in [-0.3, -0.25) is 0 Å². The van der Waals surface area contributed by atoms with Crippen molar-refractivity contribution >= 4 is 31.4 Å². The second-order valence-corrected chi connectivity index (χ2v) is 7.55. The number of benzene rings is 1. The van der Waals surface area contributed by atoms with Gasteiger partial charge in [-0.2, -0.15) is 0 Å². The molecule has 0 aliphatic rings. The molecule has 0 fully saturated rings. The van der Waals surface area contributed by atoms with Crippen LogP contribution >= 0.6 is 11.3 Å². The van der Waals surface area contributed by atoms with Crippen molar-refractivity contribution in [1.82, 2.24) is 10.0 Å². The van der Waals surface area contributed by atoms with Gasteiger partial charge < -0.3 is 5.32 Å². The van der Waals surface area contributed by atoms with Crippen LogP contribution in [0.4, 0.5) is 0 Å². The molecule has 6 heteroatoms. The van der Waals surface area contributed by atoms with Gasteiger partial charge in [-0.15, -0.1) is 11.3 Å². The molecule has 0 bridgehead atoms. The van der Waals surface area contributed by atoms with E-state index in [1.54, 1.807) is 11.3 Å². The van der Waals surface area contributed by atoms with E-state index in [2.05, 4.69) is 35.2 Å². The number of hydrogen-bond acceptors (Lipinski definition) is 4. The van der Waals surface area contributed by atoms with E-state index in [-0.39, 0.29) is 11.8 Å². The molecular weight excluding hydrogens is 280 g/mol. The summed E-state index contributed by atoms with van der Waals surface area (Å²) in [7, 11) is -1.70. The highest BCUT2D eigenvalue weighted by Crippen LogP contribution is 2.29. The third-order valence-corrected chi connectivity index (χ3v) is 5.67. The van der Waals surface area contributed by atoms with Crippen LogP contribution in [0.1, 0.15) is 17.8 Å². The lowest BCUT2D eigenvalue weighted by atomic mass is 10.2. The maximum Gasteiger partial charge on any atom is 0.212 e. The van der Waals surface area contributed by atoms with Crippen LogP contribution in [0.5, 0.6) is 0 Å². The summed E-state index contributed by atoms with van der Waals surface area (Å²) in [6.45, 7) is 2.50. The van der Waals surface area contributed by atoms with Crippen molar-refractivity contribution in [1.29, 1.82) is 0 Å². The minimum atomic E-state index is -3.13. The van der Waals surface area contributed by atoms with Crippen LogP contribution in [0.25, 0.3) is 10.1 Å². The molecule has 2 rings (SSSR count). The predicted molar refractivity (Wildman–Crippen MR) is 81.1 cm³/mol. The molecule has 0 aliphatic heterocycles. The molecule has 104 valence electrons. The van der Waals surface area contributed by atoms with Gasteiger partial charge in [-0.1, -0.05) is 18.2 Å². The number of nitrogens with one attached hydrogen (secondary N) is 2. The van der Waals surface area contributed by atoms with Crippen LogP contribution in [0, 0.1) is 0 Å². The fraction of sp³-hybridized carbons (Fsp3) is 0.385. The fourth-order valence-electron chi connectivity index (χ4n) is 1.83. The Balaban J connectivity index is 1.98. The zero-order valence-electron chi connectivity index (χ0n) is 11.0. The van der Waals surface area contributed by atoms with Gasteiger partial charge in [0, 0.05) is 22.2 Å². The smallest absolute Gasteiger partial charge is 0.212 e. The van der Waals surface area contributed by atoms with E-state index in [1.165, 1.54) is 22.0 Å². The molecule has 0 aliphatic carbocycles. The SMILES string of the molecule is CNS(=O)(=O)CCN[C@H](C)c1cc2ccccc2s1. The van der Waals surface area contributed by atoms with E-state index in [9.17, 15) is 8.42 Å². The van der Waals surface area contributed by atoms with E-state index < -0.39 is 10.0 Å². The molecule has 1 heterocycles. The molecular formula is C13H18N2O2S2. The molecule has 1 aromatic heterocycles. The molecule has 2 N–H and O–H groups in total. The molecule has 1 atom stereocenters. The van der Waals surface area contributed by atoms with E-state index in [0.29, 0.717) is 6.54 Å². The summed E-state index contributed by atoms with van der Waals surface area (Å²) in [4.78, 5) is 1.23. The molecule has 0 amide bonds. The number of hydrogen-bond donors (Lipinski definition) is 2. The highest BCUT2D eigenvalue weighted by molar-refractivity contribution is 7.89. The third-order valence-electron chi connectivity index (χ3n) is 3.00. The molecule has 2 aromatic rings. The molecule has 0 spiro atoms. The van der Waals surface area contributed by atoms with Crippen molar-refractivity contribution in [2.75, 3.05) is 19.3 Å². The van der Waals surface area contributed by atoms with Gasteiger partial charge in [0.2, 0.25) is 10.0 Å². The zero-order valence-corrected chi connectivity index (χ0v) is 12.6. The van der Waals surface area contributed by atoms with Crippen LogP contribution in [-0.2, 0) is 10.0 Å². The molecule has 19 heavy (non-hydrogen) atoms. The molecule has 1 aromatic carbocycles. The maximum atomic E-state index is 11.3. The first kappa shape index (κ1) is 14.5. The highest BCUT2D eigenvalue weighted by Gasteiger charge is 2.11. The first-order chi connectivity index (χ1) is 9.02. The summed E-state index contributed by atoms with van der Waals surface area (Å²) in [5.41, 5.74) is 0. The highest BCUT2D eigenvalue weighted by atomic mass is 32.2. The topological polar surface area (TPSA) is 58.2 Å². The number of fused-ring (bicyclic) bond motifs is 1. The van der Waals surface area contributed by atoms with Gasteiger partial charge in [-0.05, 0) is 31.5 Å². The van der Waals surface area contributed by atoms with Crippen molar-refractivity contribution in [2.24, 2.45) is 0 Å². The molecule has 0 saturated heterocycles. The van der Waals surface area contributed by atoms with E-state index in [1.807, 2.05) is 12.1 Å². The minimum absolute atomic E-state index is 0.0960. The van der Waals surface area contributed by atoms with Crippen molar-refractivity contribution in [3.63, 3.8) is 0 Å². The van der Waals surface area contributed by atoms with E-state index in [4.69, 9.17) is 0 Å². The van der Waals surface area contributed by atoms with Crippen LogP contribution in [0.15, 0.2) is 30.3 Å². The van der Waals surface area contributed by atoms with Gasteiger partial charge >= 0.3 is 0 Å². The predicted octanol–water partition coefficient (Wildman–Crippen LogP) is 2.10. The Kier molecular flexibility index (Phi) is 4.57. The van der Waals surface area contributed by atoms with Crippen LogP contribution in [0.3, 0.4) is 0 Å². The zero-order chi connectivity index (χ0) is 13.9. The van der Waals surface area contributed by atoms with Crippen molar-refractivity contribution < 1.29 is 8.42 Å². The van der Waals surface area contributed by atoms with Gasteiger partial charge in [0.15, 0.2) is 0 Å². The molecule has 0 saturated carbocycles. The van der Waals surface area contributed by atoms with Crippen LogP contribution < -0.4 is 10.0 Å². The van der Waals surface area contributed by atoms with Gasteiger partial charge in [0.1, 0.15) is 0 Å². The quantitative estimate of drug-likeness (QED) is 0.858. The van der Waals surface area contributed by atoms with E-state index in [0.717, 1.165) is 0 Å². The van der Waals surface area contributed by atoms with E-state index >= 15 is 0 Å². The van der Waals surface area contributed by atoms with Gasteiger partial charge in [-0.25, -0.2) is 13.1 Å². The van der Waals surface area contributed by atoms with Gasteiger partial charge in [0.25, 0.3) is 0 Å². The Labute approximate surface area is 117 Å². The van der Waals surface area contributed by atoms with Gasteiger partial charge in [0.05, 0.1) is 5.75 Å². The summed E-state index contributed by atoms with van der Waals surface area (Å²) in [6, 6.07) is 10.6. The summed E-state index contributed by atoms with van der Waals surface area (Å²) < 4.78 is 26.2. The van der Waals surface area contributed by atoms with Crippen LogP contribution in [-0.4, -0.2) is 27.8 Å². The lowest BCUT2D eigenvalue weighted by Crippen LogP contribution is -2.30. The Bertz CT molecular complexity index is 616. The summed E-state index contributed by atoms with van der Waals surface area (Å²) in [6.07, 6.45) is 0. The number of rotatable bonds is 6. The first-order valence-electron chi connectivity index (χ1n) is 6.15. The second kappa shape index (κ2) is 6.00. The number of sulfonamides is 1. The summed E-state index contributed by atoms with van der Waals surface area (Å²) >= 11 is 1.74. The molecule has 0 radical (unpaired) electrons. The van der Waals surface area contributed by atoms with Crippen molar-refractivity contribution in [3.05, 3.63) is 35.2 Å². The maximum absolute atomic E-state index is 11.3. The Hall–Kier alpha value is -0.950. The first-order valence-corrected chi connectivity index (χ1v) is 8.62. The lowest BCUT2D eigenvalue weighted by molar-refractivity contribution is 0.570. The second-order valence-electron chi connectivity index (χ2n) is 4.39. The average Bonchev–Trinajstić information content (AvgIpc) is 2.82. The van der Waals surface area contributed by atoms with Crippen molar-refractivity contribution in [2.45, 2.75) is 13.0 Å². The summed E-state index contributed by atoms with van der Waals surface area (Å²) in [5, 5.41) is 4.48. The Morgan fingerprint density at radius 1 is 1.32 bits per heavy atom. The normalized spacial score (nSPS) is 13.8. The van der Waals surface area contributed by atoms with Crippen molar-refractivity contribution in [3.8, 4) is 0 Å². The third kappa shape index (κ3) is 3.76. The molecule has 4 nitrogen and oxygen atoms in total. The largest absolute Gasteiger partial charge is 0.308 e. The summed E-state index contributed by atoms with van der Waals surface area (Å²) in [5.74, 6) is 0.0960. The Morgan fingerprint density at radius 3 is 2.74 bits per heavy atom. The number of thiophene rings is 1. The Morgan fingerprint density at radius 2 is 2.05 bits per heavy atom. The molecule has 0 unspecified atom stereocenters. The minimum Gasteiger partial charge on any atom is -0.308 e. The lowest BCUT2D eigenvalue weighted by Gasteiger charge is -2.11. The average molecular weight is 298 g/mol. The fourth-order valence-corrected chi connectivity index (χ4v) is 3.51. The standard InChI is InChI=1S/C13H18N2O2S2/c1-10(15-7-8-19(16,17)14-2)13-9-11-5-3-4-6-12(11)18-13/h3-6,9-10,14-15H,7-8H2,1-2H3/t10-/m1/s1. The van der Waals surface area contributed by atoms with Crippen LogP contribution in [0.2, 0.25) is 0 Å². The monoisotopic (exact) mass is 298 g/mol.